The number of alkyl carbamates (subject to hydrolysis) is 1. The highest BCUT2D eigenvalue weighted by Gasteiger charge is 2.21. The Morgan fingerprint density at radius 3 is 2.61 bits per heavy atom. The third-order valence-electron chi connectivity index (χ3n) is 6.22. The van der Waals surface area contributed by atoms with Crippen molar-refractivity contribution in [1.82, 2.24) is 14.9 Å². The Hall–Kier alpha value is -2.46. The van der Waals surface area contributed by atoms with E-state index in [2.05, 4.69) is 30.2 Å². The van der Waals surface area contributed by atoms with Crippen molar-refractivity contribution < 1.29 is 13.9 Å². The molecule has 0 aliphatic carbocycles. The average molecular weight is 655 g/mol. The molecule has 6 nitrogen and oxygen atoms in total. The molecule has 3 rings (SSSR count). The monoisotopic (exact) mass is 654 g/mol. The molecule has 2 heterocycles. The summed E-state index contributed by atoms with van der Waals surface area (Å²) >= 11 is 6.54. The van der Waals surface area contributed by atoms with Gasteiger partial charge < -0.3 is 9.30 Å². The molecule has 0 spiro atoms. The Labute approximate surface area is 246 Å². The van der Waals surface area contributed by atoms with Crippen LogP contribution < -0.4 is 5.32 Å². The molecule has 0 atom stereocenters. The van der Waals surface area contributed by atoms with Crippen LogP contribution >= 0.6 is 35.6 Å². The van der Waals surface area contributed by atoms with Crippen molar-refractivity contribution in [3.63, 3.8) is 0 Å². The van der Waals surface area contributed by atoms with Crippen molar-refractivity contribution in [1.29, 1.82) is 5.41 Å². The van der Waals surface area contributed by atoms with Crippen LogP contribution in [0.2, 0.25) is 5.02 Å². The van der Waals surface area contributed by atoms with Gasteiger partial charge >= 0.3 is 6.09 Å². The van der Waals surface area contributed by atoms with Gasteiger partial charge in [0.2, 0.25) is 0 Å². The number of benzene rings is 1. The van der Waals surface area contributed by atoms with E-state index in [1.54, 1.807) is 33.2 Å². The number of carbonyl (C=O) groups excluding carboxylic acids is 1. The largest absolute Gasteiger partial charge is 0.444 e. The molecule has 206 valence electrons. The summed E-state index contributed by atoms with van der Waals surface area (Å²) in [5, 5.41) is 11.8. The van der Waals surface area contributed by atoms with Crippen molar-refractivity contribution in [2.45, 2.75) is 79.4 Å². The Bertz CT molecular complexity index is 1320. The van der Waals surface area contributed by atoms with Crippen molar-refractivity contribution in [2.75, 3.05) is 0 Å². The molecule has 0 bridgehead atoms. The summed E-state index contributed by atoms with van der Waals surface area (Å²) < 4.78 is 22.6. The van der Waals surface area contributed by atoms with Crippen LogP contribution in [0.15, 0.2) is 36.7 Å². The molecule has 0 saturated heterocycles. The minimum absolute atomic E-state index is 0. The fourth-order valence-corrected chi connectivity index (χ4v) is 4.71. The second kappa shape index (κ2) is 13.6. The number of allylic oxidation sites excluding steroid dienone is 2. The second-order valence-corrected chi connectivity index (χ2v) is 10.5. The van der Waals surface area contributed by atoms with E-state index in [4.69, 9.17) is 21.7 Å². The van der Waals surface area contributed by atoms with Gasteiger partial charge in [-0.2, -0.15) is 0 Å². The lowest BCUT2D eigenvalue weighted by Crippen LogP contribution is -2.36. The maximum Gasteiger partial charge on any atom is 0.413 e. The van der Waals surface area contributed by atoms with Crippen molar-refractivity contribution in [3.05, 3.63) is 69.9 Å². The number of ether oxygens (including phenoxy) is 1. The minimum atomic E-state index is -0.786. The molecular weight excluding hydrogens is 618 g/mol. The number of rotatable bonds is 8. The maximum absolute atomic E-state index is 15.4. The van der Waals surface area contributed by atoms with Crippen LogP contribution in [-0.4, -0.2) is 27.1 Å². The highest BCUT2D eigenvalue weighted by atomic mass is 127. The van der Waals surface area contributed by atoms with E-state index in [1.807, 2.05) is 17.6 Å². The number of unbranched alkanes of at least 4 members (excludes halogenated alkanes) is 2. The number of hydrogen-bond acceptors (Lipinski definition) is 4. The SMILES string of the molecule is CC=C(CCCCC)c1c(C)n(Cc2c(F)cc(C(=N)NC(=O)OC(C)(C)C)cc2Cl)c2cnccc12.I. The molecule has 0 radical (unpaired) electrons. The highest BCUT2D eigenvalue weighted by molar-refractivity contribution is 14.0. The Morgan fingerprint density at radius 1 is 1.29 bits per heavy atom. The predicted molar refractivity (Wildman–Crippen MR) is 164 cm³/mol. The zero-order valence-corrected chi connectivity index (χ0v) is 26.0. The fourth-order valence-electron chi connectivity index (χ4n) is 4.45. The number of carbonyl (C=O) groups is 1. The number of pyridine rings is 1. The lowest BCUT2D eigenvalue weighted by Gasteiger charge is -2.20. The minimum Gasteiger partial charge on any atom is -0.444 e. The van der Waals surface area contributed by atoms with Gasteiger partial charge in [-0.3, -0.25) is 15.7 Å². The smallest absolute Gasteiger partial charge is 0.413 e. The number of amides is 1. The molecule has 0 aliphatic heterocycles. The van der Waals surface area contributed by atoms with Crippen molar-refractivity contribution in [3.8, 4) is 0 Å². The first-order chi connectivity index (χ1) is 17.5. The summed E-state index contributed by atoms with van der Waals surface area (Å²) in [6.07, 6.45) is 9.36. The van der Waals surface area contributed by atoms with Crippen LogP contribution in [0, 0.1) is 18.2 Å². The normalized spacial score (nSPS) is 11.8. The third kappa shape index (κ3) is 7.56. The average Bonchev–Trinajstić information content (AvgIpc) is 3.09. The number of nitrogens with one attached hydrogen (secondary N) is 2. The lowest BCUT2D eigenvalue weighted by molar-refractivity contribution is 0.0563. The van der Waals surface area contributed by atoms with Crippen LogP contribution in [0.1, 0.15) is 82.7 Å². The van der Waals surface area contributed by atoms with Gasteiger partial charge in [0.1, 0.15) is 17.3 Å². The molecule has 0 unspecified atom stereocenters. The van der Waals surface area contributed by atoms with Gasteiger partial charge in [0.15, 0.2) is 0 Å². The third-order valence-corrected chi connectivity index (χ3v) is 6.56. The zero-order valence-electron chi connectivity index (χ0n) is 22.9. The molecule has 3 aromatic rings. The molecule has 0 aliphatic rings. The Kier molecular flexibility index (Phi) is 11.3. The van der Waals surface area contributed by atoms with Gasteiger partial charge in [0.25, 0.3) is 0 Å². The van der Waals surface area contributed by atoms with Gasteiger partial charge in [-0.15, -0.1) is 24.0 Å². The maximum atomic E-state index is 15.4. The Balaban J connectivity index is 0.00000507. The number of hydrogen-bond donors (Lipinski definition) is 2. The molecule has 1 aromatic carbocycles. The van der Waals surface area contributed by atoms with Crippen LogP contribution in [0.3, 0.4) is 0 Å². The number of aromatic nitrogens is 2. The summed E-state index contributed by atoms with van der Waals surface area (Å²) in [7, 11) is 0. The molecule has 0 saturated carbocycles. The first-order valence-electron chi connectivity index (χ1n) is 12.6. The zero-order chi connectivity index (χ0) is 27.3. The van der Waals surface area contributed by atoms with E-state index >= 15 is 4.39 Å². The molecule has 2 aromatic heterocycles. The van der Waals surface area contributed by atoms with Crippen LogP contribution in [-0.2, 0) is 11.3 Å². The molecular formula is C29H37ClFIN4O2. The van der Waals surface area contributed by atoms with Crippen LogP contribution in [0.5, 0.6) is 0 Å². The van der Waals surface area contributed by atoms with Crippen LogP contribution in [0.4, 0.5) is 9.18 Å². The summed E-state index contributed by atoms with van der Waals surface area (Å²) in [4.78, 5) is 16.4. The summed E-state index contributed by atoms with van der Waals surface area (Å²) in [5.74, 6) is -0.848. The van der Waals surface area contributed by atoms with E-state index in [1.165, 1.54) is 24.1 Å². The van der Waals surface area contributed by atoms with E-state index in [9.17, 15) is 4.79 Å². The van der Waals surface area contributed by atoms with Gasteiger partial charge in [-0.25, -0.2) is 9.18 Å². The molecule has 9 heteroatoms. The van der Waals surface area contributed by atoms with Crippen LogP contribution in [0.25, 0.3) is 16.5 Å². The topological polar surface area (TPSA) is 80.0 Å². The second-order valence-electron chi connectivity index (χ2n) is 10.1. The standard InChI is InChI=1S/C29H36ClFN4O2.HI/c1-7-9-10-11-19(8-2)26-18(3)35(25-16-33-13-12-21(25)26)17-22-23(30)14-20(15-24(22)31)27(32)34-28(36)37-29(4,5)6;/h8,12-16H,7,9-11,17H2,1-6H3,(H2,32,34,36);1H. The quantitative estimate of drug-likeness (QED) is 0.110. The number of amidine groups is 1. The summed E-state index contributed by atoms with van der Waals surface area (Å²) in [6, 6.07) is 4.70. The predicted octanol–water partition coefficient (Wildman–Crippen LogP) is 8.64. The van der Waals surface area contributed by atoms with E-state index < -0.39 is 17.5 Å². The van der Waals surface area contributed by atoms with Gasteiger partial charge in [-0.05, 0) is 71.2 Å². The first-order valence-corrected chi connectivity index (χ1v) is 13.0. The number of halogens is 3. The Morgan fingerprint density at radius 2 is 2.00 bits per heavy atom. The van der Waals surface area contributed by atoms with Gasteiger partial charge in [0.05, 0.1) is 18.3 Å². The molecule has 1 amide bonds. The first kappa shape index (κ1) is 31.8. The lowest BCUT2D eigenvalue weighted by atomic mass is 9.97. The summed E-state index contributed by atoms with van der Waals surface area (Å²) in [5.41, 5.74) is 4.09. The van der Waals surface area contributed by atoms with Gasteiger partial charge in [-0.1, -0.05) is 37.4 Å². The van der Waals surface area contributed by atoms with Gasteiger partial charge in [0, 0.05) is 39.0 Å². The van der Waals surface area contributed by atoms with E-state index in [-0.39, 0.29) is 46.9 Å². The fraction of sp³-hybridized carbons (Fsp3) is 0.414. The molecule has 38 heavy (non-hydrogen) atoms. The van der Waals surface area contributed by atoms with Crippen molar-refractivity contribution >= 4 is 64.0 Å². The van der Waals surface area contributed by atoms with E-state index in [0.717, 1.165) is 41.4 Å². The number of fused-ring (bicyclic) bond motifs is 1. The van der Waals surface area contributed by atoms with Crippen molar-refractivity contribution in [2.24, 2.45) is 0 Å². The summed E-state index contributed by atoms with van der Waals surface area (Å²) in [6.45, 7) is 11.7. The highest BCUT2D eigenvalue weighted by Crippen LogP contribution is 2.35. The molecule has 2 N–H and O–H groups in total. The number of nitrogens with zero attached hydrogens (tertiary/aromatic N) is 2. The molecule has 0 fully saturated rings. The van der Waals surface area contributed by atoms with E-state index in [0.29, 0.717) is 5.56 Å².